The summed E-state index contributed by atoms with van der Waals surface area (Å²) in [5, 5.41) is 2.84. The quantitative estimate of drug-likeness (QED) is 0.414. The molecule has 1 saturated heterocycles. The lowest BCUT2D eigenvalue weighted by Crippen LogP contribution is -2.50. The predicted molar refractivity (Wildman–Crippen MR) is 140 cm³/mol. The first kappa shape index (κ1) is 28.2. The number of carbonyl (C=O) groups excluding carboxylic acids is 2. The van der Waals surface area contributed by atoms with Crippen molar-refractivity contribution in [1.29, 1.82) is 0 Å². The third-order valence-electron chi connectivity index (χ3n) is 5.98. The summed E-state index contributed by atoms with van der Waals surface area (Å²) >= 11 is 11.6. The highest BCUT2D eigenvalue weighted by atomic mass is 35.5. The number of nitrogens with one attached hydrogen (secondary N) is 1. The molecule has 2 aromatic carbocycles. The molecular weight excluding hydrogens is 506 g/mol. The van der Waals surface area contributed by atoms with Gasteiger partial charge in [-0.25, -0.2) is 9.18 Å². The Morgan fingerprint density at radius 1 is 1.08 bits per heavy atom. The maximum atomic E-state index is 14.1. The average molecular weight is 539 g/mol. The SMILES string of the molecule is C[C@@H](NC(=O)OC(C)(C)C)c1ccc(-c2ccc([C@H]3OC(C)(C)N(C(=O)C(Cl)Cl)[C@@H]3CF)cc2)cc1. The predicted octanol–water partition coefficient (Wildman–Crippen LogP) is 6.72. The molecule has 0 aromatic heterocycles. The van der Waals surface area contributed by atoms with Crippen molar-refractivity contribution >= 4 is 35.2 Å². The molecule has 1 heterocycles. The van der Waals surface area contributed by atoms with Gasteiger partial charge >= 0.3 is 6.09 Å². The number of benzene rings is 2. The third-order valence-corrected chi connectivity index (χ3v) is 6.35. The third kappa shape index (κ3) is 6.50. The van der Waals surface area contributed by atoms with Crippen LogP contribution in [-0.4, -0.2) is 45.8 Å². The Kier molecular flexibility index (Phi) is 8.59. The highest BCUT2D eigenvalue weighted by Gasteiger charge is 2.51. The smallest absolute Gasteiger partial charge is 0.408 e. The monoisotopic (exact) mass is 538 g/mol. The van der Waals surface area contributed by atoms with Gasteiger partial charge in [0.2, 0.25) is 0 Å². The first-order valence-corrected chi connectivity index (χ1v) is 12.7. The number of hydrogen-bond acceptors (Lipinski definition) is 4. The van der Waals surface area contributed by atoms with E-state index in [-0.39, 0.29) is 6.04 Å². The Bertz CT molecular complexity index is 1070. The molecule has 0 unspecified atom stereocenters. The van der Waals surface area contributed by atoms with Gasteiger partial charge in [0.15, 0.2) is 4.84 Å². The summed E-state index contributed by atoms with van der Waals surface area (Å²) in [7, 11) is 0. The highest BCUT2D eigenvalue weighted by molar-refractivity contribution is 6.53. The van der Waals surface area contributed by atoms with Crippen molar-refractivity contribution in [2.45, 2.75) is 75.9 Å². The van der Waals surface area contributed by atoms with E-state index in [2.05, 4.69) is 5.32 Å². The van der Waals surface area contributed by atoms with Crippen molar-refractivity contribution < 1.29 is 23.5 Å². The molecule has 36 heavy (non-hydrogen) atoms. The van der Waals surface area contributed by atoms with Crippen LogP contribution < -0.4 is 5.32 Å². The zero-order valence-corrected chi connectivity index (χ0v) is 22.9. The Balaban J connectivity index is 1.73. The highest BCUT2D eigenvalue weighted by Crippen LogP contribution is 2.42. The summed E-state index contributed by atoms with van der Waals surface area (Å²) < 4.78 is 25.5. The van der Waals surface area contributed by atoms with Crippen LogP contribution >= 0.6 is 23.2 Å². The van der Waals surface area contributed by atoms with Crippen molar-refractivity contribution in [3.63, 3.8) is 0 Å². The first-order chi connectivity index (χ1) is 16.7. The lowest BCUT2D eigenvalue weighted by molar-refractivity contribution is -0.145. The van der Waals surface area contributed by atoms with Crippen LogP contribution in [0.1, 0.15) is 64.8 Å². The van der Waals surface area contributed by atoms with E-state index in [1.54, 1.807) is 13.8 Å². The van der Waals surface area contributed by atoms with Crippen LogP contribution in [0, 0.1) is 0 Å². The van der Waals surface area contributed by atoms with Crippen LogP contribution in [0.3, 0.4) is 0 Å². The van der Waals surface area contributed by atoms with Gasteiger partial charge in [0, 0.05) is 0 Å². The van der Waals surface area contributed by atoms with Gasteiger partial charge in [0.1, 0.15) is 24.1 Å². The number of alkyl halides is 3. The Morgan fingerprint density at radius 3 is 2.08 bits per heavy atom. The molecule has 2 aromatic rings. The van der Waals surface area contributed by atoms with E-state index in [0.29, 0.717) is 0 Å². The van der Waals surface area contributed by atoms with Crippen molar-refractivity contribution in [3.8, 4) is 11.1 Å². The van der Waals surface area contributed by atoms with Crippen molar-refractivity contribution in [2.75, 3.05) is 6.67 Å². The molecule has 6 nitrogen and oxygen atoms in total. The minimum atomic E-state index is -1.30. The van der Waals surface area contributed by atoms with E-state index < -0.39 is 47.0 Å². The number of nitrogens with zero attached hydrogens (tertiary/aromatic N) is 1. The summed E-state index contributed by atoms with van der Waals surface area (Å²) in [4.78, 5) is 24.6. The van der Waals surface area contributed by atoms with E-state index in [1.165, 1.54) is 4.90 Å². The molecule has 9 heteroatoms. The number of hydrogen-bond donors (Lipinski definition) is 1. The Hall–Kier alpha value is -2.35. The zero-order valence-electron chi connectivity index (χ0n) is 21.3. The zero-order chi connectivity index (χ0) is 26.8. The molecule has 196 valence electrons. The minimum Gasteiger partial charge on any atom is -0.444 e. The van der Waals surface area contributed by atoms with Crippen LogP contribution in [0.2, 0.25) is 0 Å². The van der Waals surface area contributed by atoms with Crippen LogP contribution in [0.25, 0.3) is 11.1 Å². The summed E-state index contributed by atoms with van der Waals surface area (Å²) in [6.45, 7) is 9.94. The molecule has 1 N–H and O–H groups in total. The second-order valence-corrected chi connectivity index (χ2v) is 11.4. The van der Waals surface area contributed by atoms with E-state index in [0.717, 1.165) is 22.3 Å². The standard InChI is InChI=1S/C27H33Cl2FN2O4/c1-16(31-25(34)36-26(2,3)4)17-7-9-18(10-8-17)19-11-13-20(14-12-19)22-21(15-30)32(24(33)23(28)29)27(5,6)35-22/h7-14,16,21-23H,15H2,1-6H3,(H,31,34)/t16-,21-,22-/m1/s1. The van der Waals surface area contributed by atoms with E-state index in [9.17, 15) is 14.0 Å². The van der Waals surface area contributed by atoms with Crippen molar-refractivity contribution in [3.05, 3.63) is 59.7 Å². The maximum Gasteiger partial charge on any atom is 0.408 e. The molecular formula is C27H33Cl2FN2O4. The normalized spacial score (nSPS) is 20.3. The van der Waals surface area contributed by atoms with Gasteiger partial charge in [-0.15, -0.1) is 0 Å². The van der Waals surface area contributed by atoms with Crippen molar-refractivity contribution in [2.24, 2.45) is 0 Å². The molecule has 0 bridgehead atoms. The summed E-state index contributed by atoms with van der Waals surface area (Å²) in [6.07, 6.45) is -1.12. The van der Waals surface area contributed by atoms with Gasteiger partial charge in [-0.2, -0.15) is 0 Å². The maximum absolute atomic E-state index is 14.1. The second-order valence-electron chi connectivity index (χ2n) is 10.3. The molecule has 3 rings (SSSR count). The summed E-state index contributed by atoms with van der Waals surface area (Å²) in [6, 6.07) is 14.4. The second kappa shape index (κ2) is 11.0. The van der Waals surface area contributed by atoms with Gasteiger partial charge in [0.25, 0.3) is 5.91 Å². The minimum absolute atomic E-state index is 0.219. The Morgan fingerprint density at radius 2 is 1.61 bits per heavy atom. The van der Waals surface area contributed by atoms with E-state index >= 15 is 0 Å². The fourth-order valence-corrected chi connectivity index (χ4v) is 4.56. The van der Waals surface area contributed by atoms with Gasteiger partial charge < -0.3 is 19.7 Å². The molecule has 0 saturated carbocycles. The topological polar surface area (TPSA) is 67.9 Å². The molecule has 1 aliphatic heterocycles. The molecule has 0 spiro atoms. The van der Waals surface area contributed by atoms with Crippen LogP contribution in [0.4, 0.5) is 9.18 Å². The van der Waals surface area contributed by atoms with Gasteiger partial charge in [-0.3, -0.25) is 4.79 Å². The van der Waals surface area contributed by atoms with Crippen molar-refractivity contribution in [1.82, 2.24) is 10.2 Å². The van der Waals surface area contributed by atoms with E-state index in [1.807, 2.05) is 76.2 Å². The van der Waals surface area contributed by atoms with Gasteiger partial charge in [-0.05, 0) is 63.8 Å². The average Bonchev–Trinajstić information content (AvgIpc) is 3.07. The number of ether oxygens (including phenoxy) is 2. The van der Waals surface area contributed by atoms with E-state index in [4.69, 9.17) is 32.7 Å². The van der Waals surface area contributed by atoms with Gasteiger partial charge in [0.05, 0.1) is 12.1 Å². The lowest BCUT2D eigenvalue weighted by atomic mass is 9.97. The fraction of sp³-hybridized carbons (Fsp3) is 0.481. The Labute approximate surface area is 222 Å². The van der Waals surface area contributed by atoms with Gasteiger partial charge in [-0.1, -0.05) is 71.7 Å². The fourth-order valence-electron chi connectivity index (χ4n) is 4.35. The number of alkyl carbamates (subject to hydrolysis) is 1. The summed E-state index contributed by atoms with van der Waals surface area (Å²) in [5.41, 5.74) is 2.01. The largest absolute Gasteiger partial charge is 0.444 e. The lowest BCUT2D eigenvalue weighted by Gasteiger charge is -2.33. The molecule has 2 amide bonds. The number of halogens is 3. The summed E-state index contributed by atoms with van der Waals surface area (Å²) in [5.74, 6) is -0.583. The molecule has 0 aliphatic carbocycles. The molecule has 1 fully saturated rings. The van der Waals surface area contributed by atoms with Crippen LogP contribution in [-0.2, 0) is 14.3 Å². The first-order valence-electron chi connectivity index (χ1n) is 11.8. The molecule has 1 aliphatic rings. The number of rotatable bonds is 6. The van der Waals surface area contributed by atoms with Crippen LogP contribution in [0.15, 0.2) is 48.5 Å². The number of amides is 2. The molecule has 0 radical (unpaired) electrons. The number of carbonyl (C=O) groups is 2. The van der Waals surface area contributed by atoms with Crippen LogP contribution in [0.5, 0.6) is 0 Å². The molecule has 3 atom stereocenters.